The van der Waals surface area contributed by atoms with Crippen LogP contribution in [0.3, 0.4) is 0 Å². The largest absolute Gasteiger partial charge is 0.344 e. The van der Waals surface area contributed by atoms with Crippen LogP contribution < -0.4 is 10.9 Å². The van der Waals surface area contributed by atoms with Crippen molar-refractivity contribution in [2.24, 2.45) is 0 Å². The van der Waals surface area contributed by atoms with Gasteiger partial charge in [-0.3, -0.25) is 9.59 Å². The van der Waals surface area contributed by atoms with Crippen LogP contribution in [0, 0.1) is 0 Å². The first-order valence-electron chi connectivity index (χ1n) is 6.42. The molecule has 0 bridgehead atoms. The van der Waals surface area contributed by atoms with Crippen molar-refractivity contribution in [2.45, 2.75) is 32.7 Å². The van der Waals surface area contributed by atoms with Crippen LogP contribution in [-0.2, 0) is 0 Å². The molecule has 0 aliphatic rings. The van der Waals surface area contributed by atoms with Gasteiger partial charge in [-0.1, -0.05) is 13.8 Å². The Bertz CT molecular complexity index is 640. The van der Waals surface area contributed by atoms with E-state index in [1.165, 1.54) is 18.3 Å². The summed E-state index contributed by atoms with van der Waals surface area (Å²) in [4.78, 5) is 30.0. The first kappa shape index (κ1) is 14.5. The van der Waals surface area contributed by atoms with Gasteiger partial charge in [0.25, 0.3) is 5.91 Å². The number of carbonyl (C=O) groups excluding carboxylic acids is 1. The fourth-order valence-corrected chi connectivity index (χ4v) is 2.60. The van der Waals surface area contributed by atoms with Crippen LogP contribution in [0.1, 0.15) is 53.8 Å². The molecule has 106 valence electrons. The number of rotatable bonds is 4. The van der Waals surface area contributed by atoms with Gasteiger partial charge in [-0.05, 0) is 13.0 Å². The zero-order chi connectivity index (χ0) is 14.7. The number of amides is 1. The molecule has 2 aromatic rings. The monoisotopic (exact) mass is 291 g/mol. The predicted octanol–water partition coefficient (Wildman–Crippen LogP) is 2.45. The maximum Gasteiger partial charge on any atom is 0.253 e. The standard InChI is InChI=1S/C14H17N3O2S/c1-8(2)14-17-11(7-20-14)9(3)16-13(19)10-4-5-12(18)15-6-10/h4-9H,1-3H3,(H,15,18)(H,16,19)/t9-/m1/s1. The number of hydrogen-bond donors (Lipinski definition) is 2. The van der Waals surface area contributed by atoms with Crippen LogP contribution in [0.25, 0.3) is 0 Å². The molecule has 2 N–H and O–H groups in total. The number of nitrogens with one attached hydrogen (secondary N) is 2. The number of hydrogen-bond acceptors (Lipinski definition) is 4. The van der Waals surface area contributed by atoms with E-state index in [1.807, 2.05) is 12.3 Å². The Kier molecular flexibility index (Phi) is 4.34. The van der Waals surface area contributed by atoms with Gasteiger partial charge < -0.3 is 10.3 Å². The zero-order valence-corrected chi connectivity index (χ0v) is 12.5. The second-order valence-corrected chi connectivity index (χ2v) is 5.79. The molecule has 20 heavy (non-hydrogen) atoms. The zero-order valence-electron chi connectivity index (χ0n) is 11.6. The third kappa shape index (κ3) is 3.33. The summed E-state index contributed by atoms with van der Waals surface area (Å²) in [5, 5.41) is 5.89. The van der Waals surface area contributed by atoms with Crippen molar-refractivity contribution in [1.29, 1.82) is 0 Å². The van der Waals surface area contributed by atoms with E-state index in [0.29, 0.717) is 11.5 Å². The summed E-state index contributed by atoms with van der Waals surface area (Å²) in [6.07, 6.45) is 1.41. The van der Waals surface area contributed by atoms with E-state index in [-0.39, 0.29) is 17.5 Å². The molecule has 6 heteroatoms. The molecule has 1 atom stereocenters. The Balaban J connectivity index is 2.06. The summed E-state index contributed by atoms with van der Waals surface area (Å²) < 4.78 is 0. The van der Waals surface area contributed by atoms with Crippen molar-refractivity contribution >= 4 is 17.2 Å². The molecule has 0 saturated heterocycles. The van der Waals surface area contributed by atoms with E-state index < -0.39 is 0 Å². The lowest BCUT2D eigenvalue weighted by Crippen LogP contribution is -2.27. The topological polar surface area (TPSA) is 74.8 Å². The average Bonchev–Trinajstić information content (AvgIpc) is 2.89. The van der Waals surface area contributed by atoms with E-state index in [4.69, 9.17) is 0 Å². The summed E-state index contributed by atoms with van der Waals surface area (Å²) in [6, 6.07) is 2.67. The molecule has 0 aliphatic carbocycles. The Morgan fingerprint density at radius 1 is 1.35 bits per heavy atom. The molecule has 0 unspecified atom stereocenters. The van der Waals surface area contributed by atoms with E-state index in [0.717, 1.165) is 10.7 Å². The van der Waals surface area contributed by atoms with Crippen LogP contribution in [0.4, 0.5) is 0 Å². The van der Waals surface area contributed by atoms with Crippen molar-refractivity contribution in [3.05, 3.63) is 50.3 Å². The number of thiazole rings is 1. The molecule has 2 rings (SSSR count). The van der Waals surface area contributed by atoms with Gasteiger partial charge in [0.1, 0.15) is 0 Å². The summed E-state index contributed by atoms with van der Waals surface area (Å²) in [5.74, 6) is 0.156. The van der Waals surface area contributed by atoms with Crippen molar-refractivity contribution in [3.63, 3.8) is 0 Å². The van der Waals surface area contributed by atoms with Crippen LogP contribution >= 0.6 is 11.3 Å². The number of aromatic amines is 1. The fraction of sp³-hybridized carbons (Fsp3) is 0.357. The second kappa shape index (κ2) is 6.00. The van der Waals surface area contributed by atoms with Crippen molar-refractivity contribution < 1.29 is 4.79 Å². The van der Waals surface area contributed by atoms with Crippen molar-refractivity contribution in [1.82, 2.24) is 15.3 Å². The summed E-state index contributed by atoms with van der Waals surface area (Å²) in [6.45, 7) is 6.07. The van der Waals surface area contributed by atoms with Gasteiger partial charge in [-0.2, -0.15) is 0 Å². The highest BCUT2D eigenvalue weighted by Gasteiger charge is 2.15. The van der Waals surface area contributed by atoms with Gasteiger partial charge in [0.2, 0.25) is 5.56 Å². The highest BCUT2D eigenvalue weighted by Crippen LogP contribution is 2.22. The smallest absolute Gasteiger partial charge is 0.253 e. The third-order valence-electron chi connectivity index (χ3n) is 2.87. The maximum atomic E-state index is 12.0. The number of pyridine rings is 1. The van der Waals surface area contributed by atoms with Crippen LogP contribution in [-0.4, -0.2) is 15.9 Å². The van der Waals surface area contributed by atoms with Gasteiger partial charge >= 0.3 is 0 Å². The minimum atomic E-state index is -0.229. The van der Waals surface area contributed by atoms with E-state index >= 15 is 0 Å². The summed E-state index contributed by atoms with van der Waals surface area (Å²) >= 11 is 1.60. The van der Waals surface area contributed by atoms with Crippen molar-refractivity contribution in [2.75, 3.05) is 0 Å². The Morgan fingerprint density at radius 3 is 2.65 bits per heavy atom. The number of carbonyl (C=O) groups is 1. The molecule has 0 radical (unpaired) electrons. The molecular formula is C14H17N3O2S. The normalized spacial score (nSPS) is 12.4. The molecule has 0 fully saturated rings. The Morgan fingerprint density at radius 2 is 2.10 bits per heavy atom. The van der Waals surface area contributed by atoms with E-state index in [9.17, 15) is 9.59 Å². The van der Waals surface area contributed by atoms with Gasteiger partial charge in [-0.25, -0.2) is 4.98 Å². The minimum Gasteiger partial charge on any atom is -0.344 e. The molecule has 5 nitrogen and oxygen atoms in total. The highest BCUT2D eigenvalue weighted by molar-refractivity contribution is 7.09. The second-order valence-electron chi connectivity index (χ2n) is 4.90. The van der Waals surface area contributed by atoms with Crippen molar-refractivity contribution in [3.8, 4) is 0 Å². The highest BCUT2D eigenvalue weighted by atomic mass is 32.1. The van der Waals surface area contributed by atoms with Gasteiger partial charge in [0.05, 0.1) is 22.3 Å². The van der Waals surface area contributed by atoms with Crippen LogP contribution in [0.5, 0.6) is 0 Å². The van der Waals surface area contributed by atoms with Gasteiger partial charge in [0, 0.05) is 23.6 Å². The molecule has 2 heterocycles. The fourth-order valence-electron chi connectivity index (χ4n) is 1.67. The van der Waals surface area contributed by atoms with Gasteiger partial charge in [0.15, 0.2) is 0 Å². The van der Waals surface area contributed by atoms with E-state index in [1.54, 1.807) is 11.3 Å². The first-order chi connectivity index (χ1) is 9.47. The maximum absolute atomic E-state index is 12.0. The first-order valence-corrected chi connectivity index (χ1v) is 7.30. The van der Waals surface area contributed by atoms with Gasteiger partial charge in [-0.15, -0.1) is 11.3 Å². The molecule has 2 aromatic heterocycles. The SMILES string of the molecule is CC(C)c1nc([C@@H](C)NC(=O)c2ccc(=O)[nH]c2)cs1. The molecular weight excluding hydrogens is 274 g/mol. The Hall–Kier alpha value is -1.95. The molecule has 0 spiro atoms. The lowest BCUT2D eigenvalue weighted by Gasteiger charge is -2.11. The minimum absolute atomic E-state index is 0.168. The number of nitrogens with zero attached hydrogens (tertiary/aromatic N) is 1. The summed E-state index contributed by atoms with van der Waals surface area (Å²) in [5.41, 5.74) is 1.06. The number of H-pyrrole nitrogens is 1. The third-order valence-corrected chi connectivity index (χ3v) is 4.03. The summed E-state index contributed by atoms with van der Waals surface area (Å²) in [7, 11) is 0. The lowest BCUT2D eigenvalue weighted by atomic mass is 10.2. The quantitative estimate of drug-likeness (QED) is 0.908. The predicted molar refractivity (Wildman–Crippen MR) is 79.1 cm³/mol. The van der Waals surface area contributed by atoms with Crippen LogP contribution in [0.2, 0.25) is 0 Å². The molecule has 0 saturated carbocycles. The molecule has 1 amide bonds. The molecule has 0 aliphatic heterocycles. The number of aromatic nitrogens is 2. The Labute approximate surface area is 121 Å². The van der Waals surface area contributed by atoms with Crippen LogP contribution in [0.15, 0.2) is 28.5 Å². The average molecular weight is 291 g/mol. The molecule has 0 aromatic carbocycles. The van der Waals surface area contributed by atoms with E-state index in [2.05, 4.69) is 29.1 Å². The lowest BCUT2D eigenvalue weighted by molar-refractivity contribution is 0.0939.